The average Bonchev–Trinajstić information content (AvgIpc) is 2.70. The maximum absolute atomic E-state index is 5.53. The van der Waals surface area contributed by atoms with Gasteiger partial charge in [-0.15, -0.1) is 0 Å². The molecule has 28 heavy (non-hydrogen) atoms. The molecule has 1 atom stereocenters. The van der Waals surface area contributed by atoms with Crippen molar-refractivity contribution in [3.63, 3.8) is 0 Å². The highest BCUT2D eigenvalue weighted by Gasteiger charge is 2.24. The maximum atomic E-state index is 5.53. The number of rotatable bonds is 7. The summed E-state index contributed by atoms with van der Waals surface area (Å²) in [6.45, 7) is 3.03. The molecule has 0 amide bonds. The van der Waals surface area contributed by atoms with Crippen LogP contribution in [0.4, 0.5) is 17.1 Å². The summed E-state index contributed by atoms with van der Waals surface area (Å²) in [4.78, 5) is 2.28. The molecule has 0 radical (unpaired) electrons. The zero-order valence-corrected chi connectivity index (χ0v) is 19.2. The SMILES string of the molecule is COC(C)[N+](C)(C)Cc1ccc(N(c2ccccc2)c2ccccc2)cc1.[I-]. The fraction of sp³-hybridized carbons (Fsp3) is 0.250. The lowest BCUT2D eigenvalue weighted by molar-refractivity contribution is -0.947. The number of methoxy groups -OCH3 is 1. The molecule has 3 aromatic carbocycles. The first-order valence-electron chi connectivity index (χ1n) is 9.36. The highest BCUT2D eigenvalue weighted by molar-refractivity contribution is 5.76. The second-order valence-electron chi connectivity index (χ2n) is 7.44. The number of hydrogen-bond donors (Lipinski definition) is 0. The summed E-state index contributed by atoms with van der Waals surface area (Å²) in [5.74, 6) is 0. The highest BCUT2D eigenvalue weighted by atomic mass is 127. The lowest BCUT2D eigenvalue weighted by Crippen LogP contribution is -3.00. The van der Waals surface area contributed by atoms with Gasteiger partial charge in [0.15, 0.2) is 6.23 Å². The van der Waals surface area contributed by atoms with Crippen molar-refractivity contribution in [1.29, 1.82) is 0 Å². The summed E-state index contributed by atoms with van der Waals surface area (Å²) in [5.41, 5.74) is 4.76. The third-order valence-corrected chi connectivity index (χ3v) is 5.14. The van der Waals surface area contributed by atoms with Gasteiger partial charge in [-0.2, -0.15) is 0 Å². The van der Waals surface area contributed by atoms with Gasteiger partial charge in [0.1, 0.15) is 6.54 Å². The average molecular weight is 488 g/mol. The first-order chi connectivity index (χ1) is 13.0. The quantitative estimate of drug-likeness (QED) is 0.288. The van der Waals surface area contributed by atoms with Crippen molar-refractivity contribution in [2.24, 2.45) is 0 Å². The van der Waals surface area contributed by atoms with Gasteiger partial charge >= 0.3 is 0 Å². The molecule has 148 valence electrons. The van der Waals surface area contributed by atoms with Crippen LogP contribution in [0.2, 0.25) is 0 Å². The summed E-state index contributed by atoms with van der Waals surface area (Å²) in [7, 11) is 6.16. The number of benzene rings is 3. The molecule has 0 aromatic heterocycles. The van der Waals surface area contributed by atoms with E-state index in [0.717, 1.165) is 28.1 Å². The Morgan fingerprint density at radius 3 is 1.61 bits per heavy atom. The van der Waals surface area contributed by atoms with E-state index >= 15 is 0 Å². The van der Waals surface area contributed by atoms with Gasteiger partial charge in [0.05, 0.1) is 14.1 Å². The van der Waals surface area contributed by atoms with Crippen molar-refractivity contribution < 1.29 is 33.2 Å². The number of nitrogens with zero attached hydrogens (tertiary/aromatic N) is 2. The van der Waals surface area contributed by atoms with Gasteiger partial charge in [0.2, 0.25) is 0 Å². The summed E-state index contributed by atoms with van der Waals surface area (Å²) in [5, 5.41) is 0. The molecule has 0 saturated carbocycles. The molecule has 0 bridgehead atoms. The van der Waals surface area contributed by atoms with Crippen LogP contribution < -0.4 is 28.9 Å². The van der Waals surface area contributed by atoms with E-state index in [1.165, 1.54) is 5.56 Å². The topological polar surface area (TPSA) is 12.5 Å². The van der Waals surface area contributed by atoms with Crippen LogP contribution >= 0.6 is 0 Å². The Labute approximate surface area is 186 Å². The number of ether oxygens (including phenoxy) is 1. The van der Waals surface area contributed by atoms with Crippen LogP contribution in [-0.4, -0.2) is 31.9 Å². The van der Waals surface area contributed by atoms with E-state index in [-0.39, 0.29) is 30.2 Å². The van der Waals surface area contributed by atoms with Gasteiger partial charge in [-0.25, -0.2) is 0 Å². The number of para-hydroxylation sites is 2. The smallest absolute Gasteiger partial charge is 0.189 e. The van der Waals surface area contributed by atoms with E-state index in [1.807, 2.05) is 12.1 Å². The minimum Gasteiger partial charge on any atom is -1.00 e. The predicted octanol–water partition coefficient (Wildman–Crippen LogP) is 2.73. The third-order valence-electron chi connectivity index (χ3n) is 5.14. The van der Waals surface area contributed by atoms with Gasteiger partial charge in [0, 0.05) is 36.7 Å². The molecule has 0 fully saturated rings. The molecule has 0 aliphatic rings. The highest BCUT2D eigenvalue weighted by Crippen LogP contribution is 2.34. The van der Waals surface area contributed by atoms with Crippen molar-refractivity contribution >= 4 is 17.1 Å². The van der Waals surface area contributed by atoms with E-state index in [1.54, 1.807) is 7.11 Å². The molecule has 4 heteroatoms. The molecule has 3 nitrogen and oxygen atoms in total. The molecule has 0 heterocycles. The normalized spacial score (nSPS) is 12.1. The van der Waals surface area contributed by atoms with Crippen molar-refractivity contribution in [3.05, 3.63) is 90.5 Å². The van der Waals surface area contributed by atoms with E-state index in [0.29, 0.717) is 0 Å². The number of quaternary nitrogens is 1. The van der Waals surface area contributed by atoms with Crippen molar-refractivity contribution in [2.75, 3.05) is 26.1 Å². The number of anilines is 3. The zero-order chi connectivity index (χ0) is 19.3. The Kier molecular flexibility index (Phi) is 8.04. The molecule has 3 aromatic rings. The Bertz CT molecular complexity index is 796. The predicted molar refractivity (Wildman–Crippen MR) is 113 cm³/mol. The summed E-state index contributed by atoms with van der Waals surface area (Å²) < 4.78 is 6.32. The lowest BCUT2D eigenvalue weighted by atomic mass is 10.1. The Morgan fingerprint density at radius 1 is 0.750 bits per heavy atom. The standard InChI is InChI=1S/C24H29N2O.HI/c1-20(27-4)26(2,3)19-21-15-17-24(18-16-21)25(22-11-7-5-8-12-22)23-13-9-6-10-14-23;/h5-18,20H,19H2,1-4H3;1H/q+1;/p-1. The molecule has 0 saturated heterocycles. The van der Waals surface area contributed by atoms with Crippen LogP contribution in [0.3, 0.4) is 0 Å². The van der Waals surface area contributed by atoms with Gasteiger partial charge < -0.3 is 33.6 Å². The number of halogens is 1. The van der Waals surface area contributed by atoms with Crippen LogP contribution in [0.25, 0.3) is 0 Å². The summed E-state index contributed by atoms with van der Waals surface area (Å²) in [6.07, 6.45) is 0.148. The monoisotopic (exact) mass is 488 g/mol. The lowest BCUT2D eigenvalue weighted by Gasteiger charge is -2.35. The minimum atomic E-state index is 0. The van der Waals surface area contributed by atoms with E-state index in [9.17, 15) is 0 Å². The first kappa shape index (κ1) is 22.4. The third kappa shape index (κ3) is 5.34. The Balaban J connectivity index is 0.00000280. The van der Waals surface area contributed by atoms with Gasteiger partial charge in [-0.1, -0.05) is 48.5 Å². The van der Waals surface area contributed by atoms with E-state index < -0.39 is 0 Å². The second-order valence-corrected chi connectivity index (χ2v) is 7.44. The zero-order valence-electron chi connectivity index (χ0n) is 17.0. The van der Waals surface area contributed by atoms with Crippen LogP contribution in [0, 0.1) is 0 Å². The Hall–Kier alpha value is -1.89. The summed E-state index contributed by atoms with van der Waals surface area (Å²) >= 11 is 0. The molecular weight excluding hydrogens is 459 g/mol. The molecule has 0 N–H and O–H groups in total. The van der Waals surface area contributed by atoms with Crippen LogP contribution in [0.5, 0.6) is 0 Å². The van der Waals surface area contributed by atoms with Crippen molar-refractivity contribution in [3.8, 4) is 0 Å². The van der Waals surface area contributed by atoms with Crippen LogP contribution in [-0.2, 0) is 11.3 Å². The fourth-order valence-corrected chi connectivity index (χ4v) is 3.24. The van der Waals surface area contributed by atoms with Gasteiger partial charge in [-0.05, 0) is 36.4 Å². The minimum absolute atomic E-state index is 0. The molecule has 0 aliphatic heterocycles. The molecule has 1 unspecified atom stereocenters. The largest absolute Gasteiger partial charge is 1.00 e. The van der Waals surface area contributed by atoms with Crippen molar-refractivity contribution in [2.45, 2.75) is 19.7 Å². The molecule has 3 rings (SSSR count). The molecule has 0 spiro atoms. The molecular formula is C24H29IN2O. The molecule has 0 aliphatic carbocycles. The second kappa shape index (κ2) is 10.0. The number of hydrogen-bond acceptors (Lipinski definition) is 2. The van der Waals surface area contributed by atoms with E-state index in [4.69, 9.17) is 4.74 Å². The van der Waals surface area contributed by atoms with Crippen molar-refractivity contribution in [1.82, 2.24) is 0 Å². The van der Waals surface area contributed by atoms with Gasteiger partial charge in [-0.3, -0.25) is 4.48 Å². The van der Waals surface area contributed by atoms with Crippen LogP contribution in [0.1, 0.15) is 12.5 Å². The summed E-state index contributed by atoms with van der Waals surface area (Å²) in [6, 6.07) is 29.8. The van der Waals surface area contributed by atoms with Gasteiger partial charge in [0.25, 0.3) is 0 Å². The maximum Gasteiger partial charge on any atom is 0.189 e. The fourth-order valence-electron chi connectivity index (χ4n) is 3.24. The first-order valence-corrected chi connectivity index (χ1v) is 9.36. The van der Waals surface area contributed by atoms with E-state index in [2.05, 4.69) is 98.7 Å². The van der Waals surface area contributed by atoms with Crippen LogP contribution in [0.15, 0.2) is 84.9 Å². The Morgan fingerprint density at radius 2 is 1.18 bits per heavy atom.